The summed E-state index contributed by atoms with van der Waals surface area (Å²) in [6.45, 7) is 1.84. The Hall–Kier alpha value is -2.16. The van der Waals surface area contributed by atoms with Gasteiger partial charge in [0.05, 0.1) is 0 Å². The quantitative estimate of drug-likeness (QED) is 0.335. The van der Waals surface area contributed by atoms with Crippen LogP contribution in [-0.4, -0.2) is 11.0 Å². The third-order valence-corrected chi connectivity index (χ3v) is 2.51. The van der Waals surface area contributed by atoms with Gasteiger partial charge in [0, 0.05) is 17.7 Å². The molecule has 0 fully saturated rings. The van der Waals surface area contributed by atoms with Crippen molar-refractivity contribution in [2.45, 2.75) is 6.92 Å². The Bertz CT molecular complexity index is 549. The van der Waals surface area contributed by atoms with E-state index in [1.165, 1.54) is 18.3 Å². The molecule has 17 heavy (non-hydrogen) atoms. The van der Waals surface area contributed by atoms with Crippen LogP contribution < -0.4 is 0 Å². The van der Waals surface area contributed by atoms with Crippen LogP contribution in [0.2, 0.25) is 0 Å². The number of hydrogen-bond acceptors (Lipinski definition) is 1. The minimum Gasteiger partial charge on any atom is -0.618 e. The molecule has 0 heterocycles. The SMILES string of the molecule is Cc1ccc(F)cc1C=[N+]([O-])c1ccccc1. The van der Waals surface area contributed by atoms with Crippen LogP contribution in [-0.2, 0) is 0 Å². The number of nitrogens with zero attached hydrogens (tertiary/aromatic N) is 1. The van der Waals surface area contributed by atoms with Crippen LogP contribution in [0.1, 0.15) is 11.1 Å². The fourth-order valence-electron chi connectivity index (χ4n) is 1.53. The second-order valence-corrected chi connectivity index (χ2v) is 3.79. The van der Waals surface area contributed by atoms with Crippen LogP contribution in [0.5, 0.6) is 0 Å². The molecule has 2 rings (SSSR count). The van der Waals surface area contributed by atoms with Gasteiger partial charge in [-0.15, -0.1) is 0 Å². The predicted octanol–water partition coefficient (Wildman–Crippen LogP) is 3.40. The number of benzene rings is 2. The molecule has 3 heteroatoms. The van der Waals surface area contributed by atoms with Crippen molar-refractivity contribution in [2.24, 2.45) is 0 Å². The van der Waals surface area contributed by atoms with E-state index in [0.29, 0.717) is 11.3 Å². The minimum absolute atomic E-state index is 0.344. The summed E-state index contributed by atoms with van der Waals surface area (Å²) in [5.41, 5.74) is 1.98. The van der Waals surface area contributed by atoms with Gasteiger partial charge in [-0.1, -0.05) is 24.3 Å². The van der Waals surface area contributed by atoms with E-state index in [1.807, 2.05) is 13.0 Å². The molecule has 0 atom stereocenters. The number of rotatable bonds is 2. The van der Waals surface area contributed by atoms with Crippen molar-refractivity contribution in [1.82, 2.24) is 0 Å². The van der Waals surface area contributed by atoms with Crippen molar-refractivity contribution in [3.05, 3.63) is 70.7 Å². The molecule has 0 aliphatic heterocycles. The van der Waals surface area contributed by atoms with Crippen molar-refractivity contribution < 1.29 is 9.13 Å². The standard InChI is InChI=1S/C14H12FNO/c1-11-7-8-13(15)9-12(11)10-16(17)14-5-3-2-4-6-14/h2-10H,1H3. The highest BCUT2D eigenvalue weighted by molar-refractivity contribution is 5.78. The van der Waals surface area contributed by atoms with Crippen LogP contribution in [0.4, 0.5) is 10.1 Å². The summed E-state index contributed by atoms with van der Waals surface area (Å²) in [7, 11) is 0. The number of halogens is 1. The summed E-state index contributed by atoms with van der Waals surface area (Å²) in [4.78, 5) is 0. The highest BCUT2D eigenvalue weighted by Crippen LogP contribution is 2.12. The number of hydrogen-bond donors (Lipinski definition) is 0. The topological polar surface area (TPSA) is 26.1 Å². The Morgan fingerprint density at radius 3 is 2.53 bits per heavy atom. The maximum atomic E-state index is 13.1. The number of para-hydroxylation sites is 1. The first kappa shape index (κ1) is 11.3. The fraction of sp³-hybridized carbons (Fsp3) is 0.0714. The molecule has 0 saturated carbocycles. The smallest absolute Gasteiger partial charge is 0.216 e. The molecular weight excluding hydrogens is 217 g/mol. The van der Waals surface area contributed by atoms with Crippen LogP contribution in [0.3, 0.4) is 0 Å². The summed E-state index contributed by atoms with van der Waals surface area (Å²) in [5.74, 6) is -0.344. The molecule has 0 aromatic heterocycles. The zero-order valence-electron chi connectivity index (χ0n) is 9.43. The Labute approximate surface area is 99.2 Å². The average molecular weight is 229 g/mol. The van der Waals surface area contributed by atoms with Gasteiger partial charge in [0.25, 0.3) is 0 Å². The lowest BCUT2D eigenvalue weighted by Gasteiger charge is -2.04. The van der Waals surface area contributed by atoms with Gasteiger partial charge in [-0.25, -0.2) is 4.39 Å². The van der Waals surface area contributed by atoms with Crippen LogP contribution >= 0.6 is 0 Å². The van der Waals surface area contributed by atoms with Gasteiger partial charge in [0.15, 0.2) is 6.21 Å². The highest BCUT2D eigenvalue weighted by Gasteiger charge is 2.04. The monoisotopic (exact) mass is 229 g/mol. The predicted molar refractivity (Wildman–Crippen MR) is 66.0 cm³/mol. The van der Waals surface area contributed by atoms with Crippen molar-refractivity contribution in [3.63, 3.8) is 0 Å². The first-order chi connectivity index (χ1) is 8.16. The second-order valence-electron chi connectivity index (χ2n) is 3.79. The van der Waals surface area contributed by atoms with Gasteiger partial charge in [0.2, 0.25) is 5.69 Å². The van der Waals surface area contributed by atoms with E-state index < -0.39 is 0 Å². The molecule has 0 saturated heterocycles. The maximum Gasteiger partial charge on any atom is 0.216 e. The van der Waals surface area contributed by atoms with Gasteiger partial charge in [0.1, 0.15) is 5.82 Å². The molecule has 2 aromatic rings. The first-order valence-corrected chi connectivity index (χ1v) is 5.29. The van der Waals surface area contributed by atoms with E-state index in [9.17, 15) is 9.60 Å². The van der Waals surface area contributed by atoms with Gasteiger partial charge in [-0.3, -0.25) is 0 Å². The molecule has 0 aliphatic carbocycles. The molecular formula is C14H12FNO. The average Bonchev–Trinajstić information content (AvgIpc) is 2.35. The van der Waals surface area contributed by atoms with Crippen molar-refractivity contribution >= 4 is 11.9 Å². The van der Waals surface area contributed by atoms with E-state index in [0.717, 1.165) is 10.3 Å². The molecule has 0 spiro atoms. The Balaban J connectivity index is 2.39. The molecule has 0 unspecified atom stereocenters. The van der Waals surface area contributed by atoms with Gasteiger partial charge in [-0.05, 0) is 24.6 Å². The van der Waals surface area contributed by atoms with Crippen molar-refractivity contribution in [1.29, 1.82) is 0 Å². The second kappa shape index (κ2) is 4.78. The maximum absolute atomic E-state index is 13.1. The molecule has 2 nitrogen and oxygen atoms in total. The van der Waals surface area contributed by atoms with Gasteiger partial charge < -0.3 is 5.21 Å². The molecule has 0 bridgehead atoms. The third kappa shape index (κ3) is 2.69. The van der Waals surface area contributed by atoms with Crippen molar-refractivity contribution in [2.75, 3.05) is 0 Å². The lowest BCUT2D eigenvalue weighted by atomic mass is 10.1. The Morgan fingerprint density at radius 2 is 1.82 bits per heavy atom. The summed E-state index contributed by atoms with van der Waals surface area (Å²) in [5, 5.41) is 11.8. The molecule has 86 valence electrons. The Kier molecular flexibility index (Phi) is 3.19. The van der Waals surface area contributed by atoms with Gasteiger partial charge in [-0.2, -0.15) is 4.74 Å². The normalized spacial score (nSPS) is 11.5. The van der Waals surface area contributed by atoms with E-state index in [2.05, 4.69) is 0 Å². The van der Waals surface area contributed by atoms with E-state index in [4.69, 9.17) is 0 Å². The fourth-order valence-corrected chi connectivity index (χ4v) is 1.53. The molecule has 0 aliphatic rings. The van der Waals surface area contributed by atoms with E-state index in [1.54, 1.807) is 30.3 Å². The zero-order chi connectivity index (χ0) is 12.3. The first-order valence-electron chi connectivity index (χ1n) is 5.29. The largest absolute Gasteiger partial charge is 0.618 e. The zero-order valence-corrected chi connectivity index (χ0v) is 9.43. The van der Waals surface area contributed by atoms with Gasteiger partial charge >= 0.3 is 0 Å². The highest BCUT2D eigenvalue weighted by atomic mass is 19.1. The number of aryl methyl sites for hydroxylation is 1. The van der Waals surface area contributed by atoms with Crippen LogP contribution in [0, 0.1) is 17.9 Å². The summed E-state index contributed by atoms with van der Waals surface area (Å²) in [6.07, 6.45) is 1.38. The molecule has 0 radical (unpaired) electrons. The van der Waals surface area contributed by atoms with E-state index in [-0.39, 0.29) is 5.82 Å². The lowest BCUT2D eigenvalue weighted by molar-refractivity contribution is -0.354. The Morgan fingerprint density at radius 1 is 1.12 bits per heavy atom. The van der Waals surface area contributed by atoms with E-state index >= 15 is 0 Å². The molecule has 2 aromatic carbocycles. The summed E-state index contributed by atoms with van der Waals surface area (Å²) in [6, 6.07) is 13.2. The third-order valence-electron chi connectivity index (χ3n) is 2.51. The summed E-state index contributed by atoms with van der Waals surface area (Å²) >= 11 is 0. The molecule has 0 amide bonds. The lowest BCUT2D eigenvalue weighted by Crippen LogP contribution is -2.00. The summed E-state index contributed by atoms with van der Waals surface area (Å²) < 4.78 is 13.8. The van der Waals surface area contributed by atoms with Crippen LogP contribution in [0.25, 0.3) is 0 Å². The van der Waals surface area contributed by atoms with Crippen molar-refractivity contribution in [3.8, 4) is 0 Å². The van der Waals surface area contributed by atoms with Crippen LogP contribution in [0.15, 0.2) is 48.5 Å². The minimum atomic E-state index is -0.344. The molecule has 0 N–H and O–H groups in total.